The second-order valence-electron chi connectivity index (χ2n) is 7.44. The van der Waals surface area contributed by atoms with Gasteiger partial charge in [0.05, 0.1) is 12.1 Å². The van der Waals surface area contributed by atoms with Crippen molar-refractivity contribution in [2.75, 3.05) is 19.0 Å². The molecule has 1 fully saturated rings. The highest BCUT2D eigenvalue weighted by Gasteiger charge is 2.47. The molecular formula is C22H25N5O3. The van der Waals surface area contributed by atoms with Crippen LogP contribution in [0.5, 0.6) is 5.75 Å². The van der Waals surface area contributed by atoms with E-state index >= 15 is 0 Å². The van der Waals surface area contributed by atoms with Crippen LogP contribution in [0.1, 0.15) is 18.9 Å². The fourth-order valence-electron chi connectivity index (χ4n) is 3.87. The Balaban J connectivity index is 1.46. The van der Waals surface area contributed by atoms with Gasteiger partial charge in [0.25, 0.3) is 0 Å². The largest absolute Gasteiger partial charge is 0.491 e. The maximum atomic E-state index is 11.1. The van der Waals surface area contributed by atoms with Crippen molar-refractivity contribution in [1.29, 1.82) is 0 Å². The van der Waals surface area contributed by atoms with Crippen molar-refractivity contribution in [3.8, 4) is 5.75 Å². The van der Waals surface area contributed by atoms with Crippen LogP contribution in [0.2, 0.25) is 0 Å². The summed E-state index contributed by atoms with van der Waals surface area (Å²) >= 11 is 0. The Bertz CT molecular complexity index is 962. The second-order valence-corrected chi connectivity index (χ2v) is 7.44. The van der Waals surface area contributed by atoms with Gasteiger partial charge in [-0.3, -0.25) is 14.3 Å². The number of anilines is 1. The highest BCUT2D eigenvalue weighted by Crippen LogP contribution is 2.41. The van der Waals surface area contributed by atoms with Gasteiger partial charge in [0, 0.05) is 26.1 Å². The number of benzene rings is 2. The Kier molecular flexibility index (Phi) is 5.78. The summed E-state index contributed by atoms with van der Waals surface area (Å²) in [6.07, 6.45) is 3.89. The first-order chi connectivity index (χ1) is 14.5. The molecule has 8 heteroatoms. The summed E-state index contributed by atoms with van der Waals surface area (Å²) in [7, 11) is 1.95. The van der Waals surface area contributed by atoms with Crippen LogP contribution in [-0.2, 0) is 21.7 Å². The molecule has 0 bridgehead atoms. The maximum Gasteiger partial charge on any atom is 0.221 e. The molecule has 1 aromatic heterocycles. The molecule has 0 radical (unpaired) electrons. The fraction of sp³-hybridized carbons (Fsp3) is 0.318. The lowest BCUT2D eigenvalue weighted by molar-refractivity contribution is -0.180. The molecule has 1 saturated heterocycles. The van der Waals surface area contributed by atoms with E-state index in [1.54, 1.807) is 12.7 Å². The molecule has 1 amide bonds. The van der Waals surface area contributed by atoms with E-state index in [9.17, 15) is 4.79 Å². The van der Waals surface area contributed by atoms with E-state index in [1.165, 1.54) is 6.92 Å². The zero-order chi connectivity index (χ0) is 21.0. The average molecular weight is 407 g/mol. The number of rotatable bonds is 7. The van der Waals surface area contributed by atoms with Crippen molar-refractivity contribution in [2.45, 2.75) is 31.5 Å². The molecule has 0 spiro atoms. The van der Waals surface area contributed by atoms with E-state index in [0.717, 1.165) is 23.4 Å². The summed E-state index contributed by atoms with van der Waals surface area (Å²) in [5.74, 6) is 0.625. The first-order valence-electron chi connectivity index (χ1n) is 9.84. The van der Waals surface area contributed by atoms with Gasteiger partial charge in [0.1, 0.15) is 31.1 Å². The molecule has 0 saturated carbocycles. The minimum absolute atomic E-state index is 0.101. The maximum absolute atomic E-state index is 11.1. The third kappa shape index (κ3) is 4.34. The molecule has 2 atom stereocenters. The highest BCUT2D eigenvalue weighted by molar-refractivity contribution is 5.88. The first kappa shape index (κ1) is 20.1. The van der Waals surface area contributed by atoms with E-state index in [2.05, 4.69) is 27.5 Å². The Morgan fingerprint density at radius 1 is 1.23 bits per heavy atom. The van der Waals surface area contributed by atoms with Gasteiger partial charge >= 0.3 is 0 Å². The zero-order valence-electron chi connectivity index (χ0n) is 17.1. The molecule has 3 aromatic rings. The predicted molar refractivity (Wildman–Crippen MR) is 112 cm³/mol. The number of carbonyl (C=O) groups is 1. The predicted octanol–water partition coefficient (Wildman–Crippen LogP) is 2.85. The van der Waals surface area contributed by atoms with Crippen LogP contribution in [0.4, 0.5) is 5.69 Å². The van der Waals surface area contributed by atoms with Crippen molar-refractivity contribution >= 4 is 11.6 Å². The van der Waals surface area contributed by atoms with E-state index in [-0.39, 0.29) is 17.6 Å². The molecule has 8 nitrogen and oxygen atoms in total. The number of nitrogens with zero attached hydrogens (tertiary/aromatic N) is 4. The zero-order valence-corrected chi connectivity index (χ0v) is 17.1. The van der Waals surface area contributed by atoms with Crippen molar-refractivity contribution in [3.05, 3.63) is 72.8 Å². The number of hydrogen-bond acceptors (Lipinski definition) is 6. The molecule has 0 aliphatic carbocycles. The molecule has 2 aromatic carbocycles. The average Bonchev–Trinajstić information content (AvgIpc) is 3.36. The van der Waals surface area contributed by atoms with E-state index in [4.69, 9.17) is 9.57 Å². The number of hydroxylamine groups is 2. The van der Waals surface area contributed by atoms with E-state index < -0.39 is 0 Å². The van der Waals surface area contributed by atoms with Gasteiger partial charge in [-0.25, -0.2) is 4.98 Å². The smallest absolute Gasteiger partial charge is 0.221 e. The standard InChI is InChI=1S/C22H25N5O3/c1-17(28)25-19-8-10-20(11-9-19)29-13-21-12-22(26(2)30-21,14-27-16-23-15-24-27)18-6-4-3-5-7-18/h3-11,15-16,21H,12-14H2,1-2H3,(H,25,28). The van der Waals surface area contributed by atoms with Gasteiger partial charge in [0.2, 0.25) is 5.91 Å². The lowest BCUT2D eigenvalue weighted by Crippen LogP contribution is -2.41. The van der Waals surface area contributed by atoms with Crippen LogP contribution >= 0.6 is 0 Å². The van der Waals surface area contributed by atoms with Crippen molar-refractivity contribution in [2.24, 2.45) is 0 Å². The molecule has 1 aliphatic rings. The van der Waals surface area contributed by atoms with Crippen molar-refractivity contribution in [3.63, 3.8) is 0 Å². The summed E-state index contributed by atoms with van der Waals surface area (Å²) in [5.41, 5.74) is 1.52. The molecule has 2 unspecified atom stereocenters. The van der Waals surface area contributed by atoms with Gasteiger partial charge in [-0.2, -0.15) is 10.2 Å². The molecule has 30 heavy (non-hydrogen) atoms. The quantitative estimate of drug-likeness (QED) is 0.649. The van der Waals surface area contributed by atoms with Gasteiger partial charge in [-0.15, -0.1) is 0 Å². The van der Waals surface area contributed by atoms with Crippen molar-refractivity contribution < 1.29 is 14.4 Å². The fourth-order valence-corrected chi connectivity index (χ4v) is 3.87. The minimum Gasteiger partial charge on any atom is -0.491 e. The van der Waals surface area contributed by atoms with Gasteiger partial charge < -0.3 is 10.1 Å². The molecule has 156 valence electrons. The number of ether oxygens (including phenoxy) is 1. The van der Waals surface area contributed by atoms with Crippen LogP contribution in [0, 0.1) is 0 Å². The number of hydrogen-bond donors (Lipinski definition) is 1. The van der Waals surface area contributed by atoms with Crippen molar-refractivity contribution in [1.82, 2.24) is 19.8 Å². The third-order valence-electron chi connectivity index (χ3n) is 5.29. The monoisotopic (exact) mass is 407 g/mol. The summed E-state index contributed by atoms with van der Waals surface area (Å²) in [4.78, 5) is 21.4. The molecule has 1 aliphatic heterocycles. The van der Waals surface area contributed by atoms with Crippen LogP contribution in [0.3, 0.4) is 0 Å². The van der Waals surface area contributed by atoms with E-state index in [0.29, 0.717) is 13.2 Å². The summed E-state index contributed by atoms with van der Waals surface area (Å²) < 4.78 is 7.79. The summed E-state index contributed by atoms with van der Waals surface area (Å²) in [6, 6.07) is 17.6. The Labute approximate surface area is 175 Å². The first-order valence-corrected chi connectivity index (χ1v) is 9.84. The van der Waals surface area contributed by atoms with Gasteiger partial charge in [0.15, 0.2) is 0 Å². The van der Waals surface area contributed by atoms with Gasteiger partial charge in [-0.1, -0.05) is 30.3 Å². The molecule has 2 heterocycles. The van der Waals surface area contributed by atoms with Crippen LogP contribution in [0.25, 0.3) is 0 Å². The SMILES string of the molecule is CC(=O)Nc1ccc(OCC2CC(Cn3cncn3)(c3ccccc3)N(C)O2)cc1. The van der Waals surface area contributed by atoms with Gasteiger partial charge in [-0.05, 0) is 29.8 Å². The topological polar surface area (TPSA) is 81.5 Å². The Morgan fingerprint density at radius 3 is 2.67 bits per heavy atom. The molecular weight excluding hydrogens is 382 g/mol. The Morgan fingerprint density at radius 2 is 2.00 bits per heavy atom. The lowest BCUT2D eigenvalue weighted by Gasteiger charge is -2.34. The molecule has 4 rings (SSSR count). The second kappa shape index (κ2) is 8.64. The Hall–Kier alpha value is -3.23. The normalized spacial score (nSPS) is 21.5. The summed E-state index contributed by atoms with van der Waals surface area (Å²) in [6.45, 7) is 2.52. The lowest BCUT2D eigenvalue weighted by atomic mass is 9.85. The number of aromatic nitrogens is 3. The van der Waals surface area contributed by atoms with Crippen LogP contribution in [-0.4, -0.2) is 45.5 Å². The van der Waals surface area contributed by atoms with Crippen LogP contribution < -0.4 is 10.1 Å². The van der Waals surface area contributed by atoms with E-state index in [1.807, 2.05) is 59.3 Å². The number of nitrogens with one attached hydrogen (secondary N) is 1. The minimum atomic E-state index is -0.377. The summed E-state index contributed by atoms with van der Waals surface area (Å²) in [5, 5.41) is 8.95. The number of amides is 1. The highest BCUT2D eigenvalue weighted by atomic mass is 16.7. The van der Waals surface area contributed by atoms with Crippen LogP contribution in [0.15, 0.2) is 67.3 Å². The molecule has 1 N–H and O–H groups in total. The number of likely N-dealkylation sites (N-methyl/N-ethyl adjacent to an activating group) is 1. The third-order valence-corrected chi connectivity index (χ3v) is 5.29. The number of carbonyl (C=O) groups excluding carboxylic acids is 1.